The zero-order valence-corrected chi connectivity index (χ0v) is 9.97. The summed E-state index contributed by atoms with van der Waals surface area (Å²) in [6.07, 6.45) is 0. The van der Waals surface area contributed by atoms with Gasteiger partial charge in [-0.05, 0) is 19.1 Å². The molecule has 0 bridgehead atoms. The lowest BCUT2D eigenvalue weighted by molar-refractivity contribution is 0.0697. The molecule has 0 atom stereocenters. The van der Waals surface area contributed by atoms with Crippen molar-refractivity contribution in [3.63, 3.8) is 0 Å². The fourth-order valence-electron chi connectivity index (χ4n) is 1.44. The van der Waals surface area contributed by atoms with Crippen LogP contribution in [0.25, 0.3) is 0 Å². The van der Waals surface area contributed by atoms with Gasteiger partial charge in [-0.2, -0.15) is 4.98 Å². The van der Waals surface area contributed by atoms with Gasteiger partial charge in [-0.15, -0.1) is 0 Å². The van der Waals surface area contributed by atoms with E-state index in [-0.39, 0.29) is 12.1 Å². The fourth-order valence-corrected chi connectivity index (χ4v) is 1.44. The first-order valence-electron chi connectivity index (χ1n) is 5.30. The first-order chi connectivity index (χ1) is 8.56. The first kappa shape index (κ1) is 12.0. The molecule has 0 fully saturated rings. The van der Waals surface area contributed by atoms with Crippen molar-refractivity contribution in [1.29, 1.82) is 0 Å². The average Bonchev–Trinajstić information content (AvgIpc) is 2.72. The fraction of sp³-hybridized carbons (Fsp3) is 0.273. The molecule has 2 N–H and O–H groups in total. The monoisotopic (exact) mass is 248 g/mol. The van der Waals surface area contributed by atoms with Gasteiger partial charge in [-0.25, -0.2) is 9.78 Å². The van der Waals surface area contributed by atoms with Crippen LogP contribution in [0.1, 0.15) is 27.8 Å². The van der Waals surface area contributed by atoms with Crippen LogP contribution in [0.3, 0.4) is 0 Å². The number of hydrogen-bond donors (Lipinski definition) is 2. The van der Waals surface area contributed by atoms with Gasteiger partial charge >= 0.3 is 5.97 Å². The lowest BCUT2D eigenvalue weighted by Crippen LogP contribution is -2.09. The maximum Gasteiger partial charge on any atom is 0.339 e. The van der Waals surface area contributed by atoms with Crippen LogP contribution < -0.4 is 5.32 Å². The molecule has 2 aromatic rings. The van der Waals surface area contributed by atoms with Crippen LogP contribution in [0.4, 0.5) is 5.82 Å². The molecule has 0 saturated heterocycles. The third-order valence-corrected chi connectivity index (χ3v) is 2.25. The number of carboxylic acids is 1. The van der Waals surface area contributed by atoms with Gasteiger partial charge in [0.1, 0.15) is 11.4 Å². The van der Waals surface area contributed by atoms with Crippen LogP contribution in [-0.4, -0.2) is 26.2 Å². The summed E-state index contributed by atoms with van der Waals surface area (Å²) in [6.45, 7) is 3.73. The van der Waals surface area contributed by atoms with Gasteiger partial charge in [0.25, 0.3) is 0 Å². The molecule has 0 radical (unpaired) electrons. The van der Waals surface area contributed by atoms with Crippen LogP contribution in [-0.2, 0) is 6.54 Å². The van der Waals surface area contributed by atoms with Gasteiger partial charge in [0.05, 0.1) is 6.54 Å². The van der Waals surface area contributed by atoms with Gasteiger partial charge < -0.3 is 14.9 Å². The molecular formula is C11H12N4O3. The lowest BCUT2D eigenvalue weighted by atomic mass is 10.2. The molecule has 0 aliphatic carbocycles. The molecule has 0 aliphatic rings. The summed E-state index contributed by atoms with van der Waals surface area (Å²) in [4.78, 5) is 19.2. The number of nitrogens with one attached hydrogen (secondary N) is 1. The quantitative estimate of drug-likeness (QED) is 0.842. The van der Waals surface area contributed by atoms with Crippen molar-refractivity contribution in [3.05, 3.63) is 35.1 Å². The summed E-state index contributed by atoms with van der Waals surface area (Å²) in [5.74, 6) is 0.175. The minimum atomic E-state index is -1.03. The highest BCUT2D eigenvalue weighted by Gasteiger charge is 2.12. The molecular weight excluding hydrogens is 236 g/mol. The van der Waals surface area contributed by atoms with Crippen LogP contribution >= 0.6 is 0 Å². The average molecular weight is 248 g/mol. The van der Waals surface area contributed by atoms with E-state index in [0.717, 1.165) is 5.69 Å². The molecule has 94 valence electrons. The van der Waals surface area contributed by atoms with E-state index in [0.29, 0.717) is 17.5 Å². The van der Waals surface area contributed by atoms with Crippen molar-refractivity contribution in [2.75, 3.05) is 5.32 Å². The zero-order valence-electron chi connectivity index (χ0n) is 9.97. The van der Waals surface area contributed by atoms with Crippen molar-refractivity contribution in [2.24, 2.45) is 0 Å². The first-order valence-corrected chi connectivity index (χ1v) is 5.30. The summed E-state index contributed by atoms with van der Waals surface area (Å²) < 4.78 is 4.82. The topological polar surface area (TPSA) is 101 Å². The molecule has 18 heavy (non-hydrogen) atoms. The third-order valence-electron chi connectivity index (χ3n) is 2.25. The van der Waals surface area contributed by atoms with E-state index in [2.05, 4.69) is 20.4 Å². The van der Waals surface area contributed by atoms with E-state index < -0.39 is 5.97 Å². The molecule has 0 aliphatic heterocycles. The Morgan fingerprint density at radius 3 is 2.78 bits per heavy atom. The maximum absolute atomic E-state index is 11.0. The summed E-state index contributed by atoms with van der Waals surface area (Å²) in [5.41, 5.74) is 0.840. The predicted molar refractivity (Wildman–Crippen MR) is 62.3 cm³/mol. The molecule has 0 spiro atoms. The van der Waals surface area contributed by atoms with Gasteiger partial charge in [-0.3, -0.25) is 0 Å². The van der Waals surface area contributed by atoms with Crippen molar-refractivity contribution < 1.29 is 14.4 Å². The molecule has 2 rings (SSSR count). The molecule has 7 heteroatoms. The molecule has 0 aromatic carbocycles. The van der Waals surface area contributed by atoms with Crippen molar-refractivity contribution in [1.82, 2.24) is 15.1 Å². The molecule has 7 nitrogen and oxygen atoms in total. The van der Waals surface area contributed by atoms with Crippen molar-refractivity contribution in [3.8, 4) is 0 Å². The van der Waals surface area contributed by atoms with E-state index in [1.807, 2.05) is 0 Å². The molecule has 0 saturated carbocycles. The highest BCUT2D eigenvalue weighted by molar-refractivity contribution is 5.93. The largest absolute Gasteiger partial charge is 0.478 e. The van der Waals surface area contributed by atoms with E-state index in [1.54, 1.807) is 19.9 Å². The summed E-state index contributed by atoms with van der Waals surface area (Å²) in [7, 11) is 0. The number of aromatic nitrogens is 3. The Balaban J connectivity index is 2.17. The second-order valence-electron chi connectivity index (χ2n) is 3.74. The number of carbonyl (C=O) groups is 1. The number of pyridine rings is 1. The Labute approximate surface area is 103 Å². The highest BCUT2D eigenvalue weighted by atomic mass is 16.5. The van der Waals surface area contributed by atoms with Gasteiger partial charge in [0.2, 0.25) is 5.89 Å². The molecule has 0 amide bonds. The molecule has 2 aromatic heterocycles. The van der Waals surface area contributed by atoms with Crippen molar-refractivity contribution in [2.45, 2.75) is 20.4 Å². The van der Waals surface area contributed by atoms with E-state index in [4.69, 9.17) is 9.63 Å². The SMILES string of the molecule is Cc1ccc(C(=O)O)c(NCc2noc(C)n2)n1. The zero-order chi connectivity index (χ0) is 13.1. The number of nitrogens with zero attached hydrogens (tertiary/aromatic N) is 3. The Bertz CT molecular complexity index is 579. The van der Waals surface area contributed by atoms with Gasteiger partial charge in [0.15, 0.2) is 5.82 Å². The maximum atomic E-state index is 11.0. The van der Waals surface area contributed by atoms with E-state index in [1.165, 1.54) is 6.07 Å². The number of anilines is 1. The van der Waals surface area contributed by atoms with Crippen LogP contribution in [0.2, 0.25) is 0 Å². The number of hydrogen-bond acceptors (Lipinski definition) is 6. The summed E-state index contributed by atoms with van der Waals surface area (Å²) >= 11 is 0. The Kier molecular flexibility index (Phi) is 3.22. The second-order valence-corrected chi connectivity index (χ2v) is 3.74. The molecule has 2 heterocycles. The number of rotatable bonds is 4. The van der Waals surface area contributed by atoms with Gasteiger partial charge in [-0.1, -0.05) is 5.16 Å². The predicted octanol–water partition coefficient (Wildman–Crippen LogP) is 1.39. The Morgan fingerprint density at radius 2 is 2.17 bits per heavy atom. The number of aromatic carboxylic acids is 1. The number of carboxylic acid groups (broad SMARTS) is 1. The minimum absolute atomic E-state index is 0.112. The van der Waals surface area contributed by atoms with Crippen LogP contribution in [0, 0.1) is 13.8 Å². The Hall–Kier alpha value is -2.44. The Morgan fingerprint density at radius 1 is 1.39 bits per heavy atom. The van der Waals surface area contributed by atoms with E-state index in [9.17, 15) is 4.79 Å². The second kappa shape index (κ2) is 4.82. The number of aryl methyl sites for hydroxylation is 2. The smallest absolute Gasteiger partial charge is 0.339 e. The van der Waals surface area contributed by atoms with Crippen LogP contribution in [0.15, 0.2) is 16.7 Å². The standard InChI is InChI=1S/C11H12N4O3/c1-6-3-4-8(11(16)17)10(13-6)12-5-9-14-7(2)18-15-9/h3-4H,5H2,1-2H3,(H,12,13)(H,16,17). The van der Waals surface area contributed by atoms with Crippen LogP contribution in [0.5, 0.6) is 0 Å². The summed E-state index contributed by atoms with van der Waals surface area (Å²) in [6, 6.07) is 3.15. The normalized spacial score (nSPS) is 10.3. The highest BCUT2D eigenvalue weighted by Crippen LogP contribution is 2.14. The van der Waals surface area contributed by atoms with Crippen molar-refractivity contribution >= 4 is 11.8 Å². The third kappa shape index (κ3) is 2.62. The molecule has 0 unspecified atom stereocenters. The lowest BCUT2D eigenvalue weighted by Gasteiger charge is -2.07. The minimum Gasteiger partial charge on any atom is -0.478 e. The van der Waals surface area contributed by atoms with E-state index >= 15 is 0 Å². The van der Waals surface area contributed by atoms with Gasteiger partial charge in [0, 0.05) is 12.6 Å². The summed E-state index contributed by atoms with van der Waals surface area (Å²) in [5, 5.41) is 15.6.